The Morgan fingerprint density at radius 2 is 2.53 bits per heavy atom. The second-order valence-corrected chi connectivity index (χ2v) is 3.68. The number of carbonyl (C=O) groups is 1. The quantitative estimate of drug-likeness (QED) is 0.321. The second-order valence-electron chi connectivity index (χ2n) is 3.68. The summed E-state index contributed by atoms with van der Waals surface area (Å²) >= 11 is 0. The van der Waals surface area contributed by atoms with Crippen LogP contribution in [0, 0.1) is 5.92 Å². The van der Waals surface area contributed by atoms with E-state index < -0.39 is 0 Å². The number of amides is 1. The third-order valence-electron chi connectivity index (χ3n) is 2.37. The number of carbonyl (C=O) groups excluding carboxylic acids is 1. The average molecular weight is 212 g/mol. The van der Waals surface area contributed by atoms with Crippen molar-refractivity contribution >= 4 is 5.91 Å². The number of rotatable bonds is 5. The summed E-state index contributed by atoms with van der Waals surface area (Å²) in [5, 5.41) is 6.18. The maximum atomic E-state index is 11.5. The Labute approximate surface area is 88.6 Å². The normalized spacial score (nSPS) is 24.6. The lowest BCUT2D eigenvalue weighted by Crippen LogP contribution is -2.32. The lowest BCUT2D eigenvalue weighted by Gasteiger charge is -2.08. The zero-order valence-corrected chi connectivity index (χ0v) is 8.85. The Bertz CT molecular complexity index is 263. The molecule has 0 aromatic heterocycles. The van der Waals surface area contributed by atoms with Gasteiger partial charge in [-0.15, -0.1) is 0 Å². The van der Waals surface area contributed by atoms with Crippen molar-refractivity contribution in [2.45, 2.75) is 25.9 Å². The number of hydrogen-bond acceptors (Lipinski definition) is 3. The van der Waals surface area contributed by atoms with E-state index in [-0.39, 0.29) is 17.9 Å². The van der Waals surface area contributed by atoms with Crippen LogP contribution in [0.5, 0.6) is 0 Å². The van der Waals surface area contributed by atoms with Gasteiger partial charge in [0.25, 0.3) is 0 Å². The third kappa shape index (κ3) is 4.18. The van der Waals surface area contributed by atoms with E-state index in [0.717, 1.165) is 6.42 Å². The van der Waals surface area contributed by atoms with Crippen LogP contribution < -0.4 is 5.32 Å². The molecule has 0 bridgehead atoms. The van der Waals surface area contributed by atoms with E-state index in [1.165, 1.54) is 0 Å². The Morgan fingerprint density at radius 1 is 1.73 bits per heavy atom. The smallest absolute Gasteiger partial charge is 0.225 e. The van der Waals surface area contributed by atoms with E-state index in [0.29, 0.717) is 26.1 Å². The first kappa shape index (κ1) is 11.8. The topological polar surface area (TPSA) is 87.1 Å². The van der Waals surface area contributed by atoms with Crippen LogP contribution in [0.25, 0.3) is 10.4 Å². The molecule has 1 N–H and O–H groups in total. The average Bonchev–Trinajstić information content (AvgIpc) is 2.64. The lowest BCUT2D eigenvalue weighted by molar-refractivity contribution is -0.124. The van der Waals surface area contributed by atoms with E-state index in [1.54, 1.807) is 0 Å². The Morgan fingerprint density at radius 3 is 3.13 bits per heavy atom. The van der Waals surface area contributed by atoms with Crippen LogP contribution in [0.1, 0.15) is 19.8 Å². The number of nitrogens with zero attached hydrogens (tertiary/aromatic N) is 3. The molecule has 0 aliphatic carbocycles. The SMILES string of the molecule is CC1CC(C(=O)NCCCN=[N+]=[N-])CO1. The Hall–Kier alpha value is -1.26. The molecule has 0 radical (unpaired) electrons. The van der Waals surface area contributed by atoms with E-state index in [1.807, 2.05) is 6.92 Å². The summed E-state index contributed by atoms with van der Waals surface area (Å²) in [7, 11) is 0. The lowest BCUT2D eigenvalue weighted by atomic mass is 10.1. The van der Waals surface area contributed by atoms with Gasteiger partial charge in [-0.3, -0.25) is 4.79 Å². The molecule has 1 rings (SSSR count). The zero-order chi connectivity index (χ0) is 11.1. The van der Waals surface area contributed by atoms with Crippen LogP contribution in [0.2, 0.25) is 0 Å². The highest BCUT2D eigenvalue weighted by Crippen LogP contribution is 2.18. The summed E-state index contributed by atoms with van der Waals surface area (Å²) in [5.74, 6) is 0.0276. The first-order valence-corrected chi connectivity index (χ1v) is 5.14. The van der Waals surface area contributed by atoms with Crippen molar-refractivity contribution in [3.8, 4) is 0 Å². The van der Waals surface area contributed by atoms with Crippen molar-refractivity contribution in [2.24, 2.45) is 11.0 Å². The summed E-state index contributed by atoms with van der Waals surface area (Å²) < 4.78 is 5.30. The van der Waals surface area contributed by atoms with Crippen molar-refractivity contribution in [2.75, 3.05) is 19.7 Å². The van der Waals surface area contributed by atoms with Gasteiger partial charge in [0.05, 0.1) is 18.6 Å². The second kappa shape index (κ2) is 6.27. The van der Waals surface area contributed by atoms with Crippen LogP contribution in [-0.4, -0.2) is 31.7 Å². The first-order chi connectivity index (χ1) is 7.24. The van der Waals surface area contributed by atoms with Crippen molar-refractivity contribution in [1.82, 2.24) is 5.32 Å². The molecule has 0 spiro atoms. The van der Waals surface area contributed by atoms with Crippen molar-refractivity contribution in [3.63, 3.8) is 0 Å². The molecular formula is C9H16N4O2. The maximum Gasteiger partial charge on any atom is 0.225 e. The van der Waals surface area contributed by atoms with Gasteiger partial charge in [-0.2, -0.15) is 0 Å². The highest BCUT2D eigenvalue weighted by Gasteiger charge is 2.27. The van der Waals surface area contributed by atoms with Gasteiger partial charge in [-0.05, 0) is 25.3 Å². The molecule has 1 amide bonds. The fourth-order valence-corrected chi connectivity index (χ4v) is 1.55. The van der Waals surface area contributed by atoms with Gasteiger partial charge < -0.3 is 10.1 Å². The molecule has 1 aliphatic rings. The molecular weight excluding hydrogens is 196 g/mol. The van der Waals surface area contributed by atoms with Crippen molar-refractivity contribution < 1.29 is 9.53 Å². The molecule has 0 saturated carbocycles. The molecule has 2 atom stereocenters. The molecule has 84 valence electrons. The summed E-state index contributed by atoms with van der Waals surface area (Å²) in [4.78, 5) is 14.2. The van der Waals surface area contributed by atoms with E-state index in [2.05, 4.69) is 15.3 Å². The van der Waals surface area contributed by atoms with Crippen LogP contribution in [0.4, 0.5) is 0 Å². The zero-order valence-electron chi connectivity index (χ0n) is 8.85. The van der Waals surface area contributed by atoms with Gasteiger partial charge >= 0.3 is 0 Å². The minimum absolute atomic E-state index is 0.0144. The number of azide groups is 1. The van der Waals surface area contributed by atoms with Gasteiger partial charge in [-0.1, -0.05) is 5.11 Å². The van der Waals surface area contributed by atoms with Crippen LogP contribution in [-0.2, 0) is 9.53 Å². The summed E-state index contributed by atoms with van der Waals surface area (Å²) in [6, 6.07) is 0. The Balaban J connectivity index is 2.10. The molecule has 1 saturated heterocycles. The number of nitrogens with one attached hydrogen (secondary N) is 1. The van der Waals surface area contributed by atoms with E-state index in [9.17, 15) is 4.79 Å². The van der Waals surface area contributed by atoms with E-state index in [4.69, 9.17) is 10.3 Å². The highest BCUT2D eigenvalue weighted by molar-refractivity contribution is 5.79. The molecule has 1 fully saturated rings. The number of hydrogen-bond donors (Lipinski definition) is 1. The standard InChI is InChI=1S/C9H16N4O2/c1-7-5-8(6-15-7)9(14)11-3-2-4-12-13-10/h7-8H,2-6H2,1H3,(H,11,14). The number of ether oxygens (including phenoxy) is 1. The third-order valence-corrected chi connectivity index (χ3v) is 2.37. The minimum atomic E-state index is -0.0144. The predicted octanol–water partition coefficient (Wildman–Crippen LogP) is 1.23. The monoisotopic (exact) mass is 212 g/mol. The molecule has 1 aliphatic heterocycles. The van der Waals surface area contributed by atoms with Gasteiger partial charge in [0, 0.05) is 18.0 Å². The summed E-state index contributed by atoms with van der Waals surface area (Å²) in [5.41, 5.74) is 8.03. The molecule has 15 heavy (non-hydrogen) atoms. The molecule has 2 unspecified atom stereocenters. The van der Waals surface area contributed by atoms with Gasteiger partial charge in [0.1, 0.15) is 0 Å². The van der Waals surface area contributed by atoms with Crippen molar-refractivity contribution in [1.29, 1.82) is 0 Å². The highest BCUT2D eigenvalue weighted by atomic mass is 16.5. The fourth-order valence-electron chi connectivity index (χ4n) is 1.55. The Kier molecular flexibility index (Phi) is 4.93. The fraction of sp³-hybridized carbons (Fsp3) is 0.889. The first-order valence-electron chi connectivity index (χ1n) is 5.14. The summed E-state index contributed by atoms with van der Waals surface area (Å²) in [6.07, 6.45) is 1.66. The van der Waals surface area contributed by atoms with Crippen LogP contribution >= 0.6 is 0 Å². The van der Waals surface area contributed by atoms with Crippen LogP contribution in [0.15, 0.2) is 5.11 Å². The van der Waals surface area contributed by atoms with Crippen LogP contribution in [0.3, 0.4) is 0 Å². The molecule has 6 nitrogen and oxygen atoms in total. The molecule has 6 heteroatoms. The predicted molar refractivity (Wildman–Crippen MR) is 55.2 cm³/mol. The molecule has 0 aromatic carbocycles. The van der Waals surface area contributed by atoms with Gasteiger partial charge in [0.15, 0.2) is 0 Å². The van der Waals surface area contributed by atoms with Gasteiger partial charge in [0.2, 0.25) is 5.91 Å². The van der Waals surface area contributed by atoms with Crippen molar-refractivity contribution in [3.05, 3.63) is 10.4 Å². The largest absolute Gasteiger partial charge is 0.378 e. The maximum absolute atomic E-state index is 11.5. The molecule has 0 aromatic rings. The summed E-state index contributed by atoms with van der Waals surface area (Å²) in [6.45, 7) is 3.47. The molecule has 1 heterocycles. The van der Waals surface area contributed by atoms with E-state index >= 15 is 0 Å². The van der Waals surface area contributed by atoms with Gasteiger partial charge in [-0.25, -0.2) is 0 Å². The minimum Gasteiger partial charge on any atom is -0.378 e.